The van der Waals surface area contributed by atoms with Gasteiger partial charge in [-0.3, -0.25) is 4.79 Å². The molecule has 1 aliphatic rings. The molecule has 8 heteroatoms. The maximum absolute atomic E-state index is 12.8. The van der Waals surface area contributed by atoms with Gasteiger partial charge in [-0.2, -0.15) is 0 Å². The summed E-state index contributed by atoms with van der Waals surface area (Å²) in [4.78, 5) is 13.9. The maximum atomic E-state index is 12.8. The van der Waals surface area contributed by atoms with Crippen molar-refractivity contribution in [2.24, 2.45) is 0 Å². The first-order chi connectivity index (χ1) is 13.9. The number of benzene rings is 2. The molecule has 0 aliphatic carbocycles. The summed E-state index contributed by atoms with van der Waals surface area (Å²) < 4.78 is 39.1. The highest BCUT2D eigenvalue weighted by atomic mass is 32.2. The number of sulfonamides is 1. The quantitative estimate of drug-likeness (QED) is 0.713. The lowest BCUT2D eigenvalue weighted by Gasteiger charge is -2.18. The Balaban J connectivity index is 1.67. The molecule has 0 aromatic heterocycles. The van der Waals surface area contributed by atoms with Crippen molar-refractivity contribution in [1.82, 2.24) is 4.72 Å². The Morgan fingerprint density at radius 3 is 2.62 bits per heavy atom. The number of para-hydroxylation sites is 2. The van der Waals surface area contributed by atoms with Crippen molar-refractivity contribution in [1.29, 1.82) is 0 Å². The molecular formula is C21H26N2O5S. The summed E-state index contributed by atoms with van der Waals surface area (Å²) in [7, 11) is -2.16. The van der Waals surface area contributed by atoms with Crippen molar-refractivity contribution in [3.05, 3.63) is 48.0 Å². The van der Waals surface area contributed by atoms with Crippen molar-refractivity contribution in [3.63, 3.8) is 0 Å². The fourth-order valence-corrected chi connectivity index (χ4v) is 4.59. The van der Waals surface area contributed by atoms with E-state index in [1.165, 1.54) is 6.07 Å². The van der Waals surface area contributed by atoms with Gasteiger partial charge in [0.15, 0.2) is 11.5 Å². The van der Waals surface area contributed by atoms with Crippen LogP contribution in [0, 0.1) is 0 Å². The maximum Gasteiger partial charge on any atom is 0.240 e. The zero-order chi connectivity index (χ0) is 21.0. The molecule has 2 aromatic rings. The molecule has 29 heavy (non-hydrogen) atoms. The Labute approximate surface area is 171 Å². The van der Waals surface area contributed by atoms with Gasteiger partial charge in [-0.05, 0) is 49.2 Å². The van der Waals surface area contributed by atoms with Gasteiger partial charge in [0.1, 0.15) is 6.61 Å². The van der Waals surface area contributed by atoms with E-state index in [9.17, 15) is 13.2 Å². The number of fused-ring (bicyclic) bond motifs is 1. The first-order valence-corrected chi connectivity index (χ1v) is 11.1. The number of hydrogen-bond donors (Lipinski definition) is 1. The van der Waals surface area contributed by atoms with E-state index in [1.54, 1.807) is 43.2 Å². The van der Waals surface area contributed by atoms with Crippen LogP contribution in [-0.2, 0) is 21.2 Å². The smallest absolute Gasteiger partial charge is 0.240 e. The largest absolute Gasteiger partial charge is 0.493 e. The van der Waals surface area contributed by atoms with Crippen LogP contribution in [0.5, 0.6) is 11.5 Å². The molecule has 3 rings (SSSR count). The average molecular weight is 419 g/mol. The lowest BCUT2D eigenvalue weighted by molar-refractivity contribution is -0.118. The molecule has 0 saturated heterocycles. The third-order valence-corrected chi connectivity index (χ3v) is 6.36. The van der Waals surface area contributed by atoms with E-state index in [0.29, 0.717) is 30.9 Å². The normalized spacial score (nSPS) is 14.4. The second kappa shape index (κ2) is 8.84. The third-order valence-electron chi connectivity index (χ3n) is 4.77. The first-order valence-electron chi connectivity index (χ1n) is 9.57. The topological polar surface area (TPSA) is 84.9 Å². The second-order valence-electron chi connectivity index (χ2n) is 6.92. The Morgan fingerprint density at radius 1 is 1.21 bits per heavy atom. The molecule has 0 saturated carbocycles. The molecule has 1 amide bonds. The van der Waals surface area contributed by atoms with Gasteiger partial charge in [0.2, 0.25) is 15.9 Å². The molecule has 1 heterocycles. The summed E-state index contributed by atoms with van der Waals surface area (Å²) in [5, 5.41) is 0. The summed E-state index contributed by atoms with van der Waals surface area (Å²) in [6.45, 7) is 4.30. The highest BCUT2D eigenvalue weighted by Gasteiger charge is 2.26. The molecule has 156 valence electrons. The highest BCUT2D eigenvalue weighted by molar-refractivity contribution is 7.89. The number of amides is 1. The van der Waals surface area contributed by atoms with Gasteiger partial charge in [-0.15, -0.1) is 0 Å². The Bertz CT molecular complexity index is 990. The van der Waals surface area contributed by atoms with Crippen LogP contribution in [0.3, 0.4) is 0 Å². The summed E-state index contributed by atoms with van der Waals surface area (Å²) in [6, 6.07) is 11.7. The van der Waals surface area contributed by atoms with Crippen LogP contribution in [0.1, 0.15) is 25.8 Å². The number of anilines is 1. The number of methoxy groups -OCH3 is 1. The van der Waals surface area contributed by atoms with Crippen LogP contribution in [0.2, 0.25) is 0 Å². The second-order valence-corrected chi connectivity index (χ2v) is 8.64. The van der Waals surface area contributed by atoms with E-state index in [-0.39, 0.29) is 17.4 Å². The van der Waals surface area contributed by atoms with Crippen molar-refractivity contribution < 1.29 is 22.7 Å². The predicted molar refractivity (Wildman–Crippen MR) is 111 cm³/mol. The molecule has 1 unspecified atom stereocenters. The monoisotopic (exact) mass is 418 g/mol. The predicted octanol–water partition coefficient (Wildman–Crippen LogP) is 2.74. The van der Waals surface area contributed by atoms with Gasteiger partial charge in [0.25, 0.3) is 0 Å². The molecule has 1 N–H and O–H groups in total. The summed E-state index contributed by atoms with van der Waals surface area (Å²) in [5.74, 6) is 1.19. The lowest BCUT2D eigenvalue weighted by Crippen LogP contribution is -2.36. The van der Waals surface area contributed by atoms with Gasteiger partial charge in [0, 0.05) is 18.7 Å². The molecule has 1 atom stereocenters. The van der Waals surface area contributed by atoms with Crippen LogP contribution in [0.4, 0.5) is 5.69 Å². The van der Waals surface area contributed by atoms with Crippen molar-refractivity contribution >= 4 is 21.6 Å². The number of nitrogens with one attached hydrogen (secondary N) is 1. The van der Waals surface area contributed by atoms with E-state index in [4.69, 9.17) is 9.47 Å². The number of ether oxygens (including phenoxy) is 2. The van der Waals surface area contributed by atoms with E-state index >= 15 is 0 Å². The van der Waals surface area contributed by atoms with Crippen LogP contribution >= 0.6 is 0 Å². The van der Waals surface area contributed by atoms with Crippen LogP contribution in [0.15, 0.2) is 47.4 Å². The molecule has 0 fully saturated rings. The molecular weight excluding hydrogens is 392 g/mol. The van der Waals surface area contributed by atoms with Gasteiger partial charge in [-0.1, -0.05) is 19.1 Å². The minimum absolute atomic E-state index is 0.0413. The number of rotatable bonds is 8. The van der Waals surface area contributed by atoms with E-state index in [0.717, 1.165) is 11.3 Å². The zero-order valence-electron chi connectivity index (χ0n) is 16.8. The SMILES string of the molecule is CCC(=O)N1CCc2cc(S(=O)(=O)NC(C)COc3ccccc3OC)ccc21. The fraction of sp³-hybridized carbons (Fsp3) is 0.381. The number of hydrogen-bond acceptors (Lipinski definition) is 5. The summed E-state index contributed by atoms with van der Waals surface area (Å²) in [5.41, 5.74) is 1.66. The third kappa shape index (κ3) is 4.71. The average Bonchev–Trinajstić information content (AvgIpc) is 3.15. The van der Waals surface area contributed by atoms with Gasteiger partial charge in [0.05, 0.1) is 18.0 Å². The van der Waals surface area contributed by atoms with Crippen molar-refractivity contribution in [2.45, 2.75) is 37.6 Å². The molecule has 0 spiro atoms. The molecule has 0 radical (unpaired) electrons. The lowest BCUT2D eigenvalue weighted by atomic mass is 10.2. The molecule has 1 aliphatic heterocycles. The van der Waals surface area contributed by atoms with E-state index in [1.807, 2.05) is 19.1 Å². The highest BCUT2D eigenvalue weighted by Crippen LogP contribution is 2.31. The van der Waals surface area contributed by atoms with Crippen LogP contribution in [0.25, 0.3) is 0 Å². The Hall–Kier alpha value is -2.58. The summed E-state index contributed by atoms with van der Waals surface area (Å²) >= 11 is 0. The van der Waals surface area contributed by atoms with Crippen molar-refractivity contribution in [3.8, 4) is 11.5 Å². The number of carbonyl (C=O) groups is 1. The number of nitrogens with zero attached hydrogens (tertiary/aromatic N) is 1. The minimum Gasteiger partial charge on any atom is -0.493 e. The van der Waals surface area contributed by atoms with E-state index < -0.39 is 16.1 Å². The minimum atomic E-state index is -3.71. The summed E-state index contributed by atoms with van der Waals surface area (Å²) in [6.07, 6.45) is 1.07. The first kappa shape index (κ1) is 21.1. The van der Waals surface area contributed by atoms with Crippen LogP contribution < -0.4 is 19.1 Å². The van der Waals surface area contributed by atoms with Gasteiger partial charge < -0.3 is 14.4 Å². The fourth-order valence-electron chi connectivity index (χ4n) is 3.31. The Morgan fingerprint density at radius 2 is 1.93 bits per heavy atom. The molecule has 7 nitrogen and oxygen atoms in total. The standard InChI is InChI=1S/C21H26N2O5S/c1-4-21(24)23-12-11-16-13-17(9-10-18(16)23)29(25,26)22-15(2)14-28-20-8-6-5-7-19(20)27-3/h5-10,13,15,22H,4,11-12,14H2,1-3H3. The zero-order valence-corrected chi connectivity index (χ0v) is 17.7. The van der Waals surface area contributed by atoms with E-state index in [2.05, 4.69) is 4.72 Å². The molecule has 2 aromatic carbocycles. The number of carbonyl (C=O) groups excluding carboxylic acids is 1. The van der Waals surface area contributed by atoms with Crippen LogP contribution in [-0.4, -0.2) is 40.6 Å². The Kier molecular flexibility index (Phi) is 6.44. The van der Waals surface area contributed by atoms with Crippen molar-refractivity contribution in [2.75, 3.05) is 25.2 Å². The van der Waals surface area contributed by atoms with Gasteiger partial charge >= 0.3 is 0 Å². The molecule has 0 bridgehead atoms. The van der Waals surface area contributed by atoms with Gasteiger partial charge in [-0.25, -0.2) is 13.1 Å².